The van der Waals surface area contributed by atoms with Crippen molar-refractivity contribution in [2.75, 3.05) is 11.0 Å². The quantitative estimate of drug-likeness (QED) is 0.577. The van der Waals surface area contributed by atoms with Gasteiger partial charge in [-0.3, -0.25) is 23.4 Å². The number of hydrogen-bond acceptors (Lipinski definition) is 5. The van der Waals surface area contributed by atoms with Gasteiger partial charge in [-0.15, -0.1) is 0 Å². The lowest BCUT2D eigenvalue weighted by atomic mass is 10.2. The van der Waals surface area contributed by atoms with Crippen molar-refractivity contribution >= 4 is 32.5 Å². The van der Waals surface area contributed by atoms with Crippen LogP contribution in [-0.2, 0) is 34.5 Å². The first-order valence-corrected chi connectivity index (χ1v) is 11.1. The summed E-state index contributed by atoms with van der Waals surface area (Å²) in [6, 6.07) is 13.3. The summed E-state index contributed by atoms with van der Waals surface area (Å²) in [7, 11) is -3.40. The summed E-state index contributed by atoms with van der Waals surface area (Å²) in [6.45, 7) is 1.79. The second-order valence-corrected chi connectivity index (χ2v) is 8.54. The molecule has 9 nitrogen and oxygen atoms in total. The van der Waals surface area contributed by atoms with Gasteiger partial charge in [-0.25, -0.2) is 13.2 Å². The molecule has 1 heterocycles. The molecule has 0 fully saturated rings. The normalized spacial score (nSPS) is 11.4. The Balaban J connectivity index is 1.81. The molecule has 0 aliphatic heterocycles. The Kier molecular flexibility index (Phi) is 6.06. The van der Waals surface area contributed by atoms with Gasteiger partial charge in [-0.2, -0.15) is 0 Å². The molecule has 10 heteroatoms. The van der Waals surface area contributed by atoms with Gasteiger partial charge >= 0.3 is 5.69 Å². The van der Waals surface area contributed by atoms with Gasteiger partial charge in [-0.05, 0) is 36.8 Å². The Morgan fingerprint density at radius 2 is 1.77 bits per heavy atom. The zero-order valence-electron chi connectivity index (χ0n) is 16.6. The van der Waals surface area contributed by atoms with Crippen LogP contribution in [0.25, 0.3) is 10.9 Å². The topological polar surface area (TPSA) is 119 Å². The predicted molar refractivity (Wildman–Crippen MR) is 115 cm³/mol. The number of anilines is 1. The highest BCUT2D eigenvalue weighted by Gasteiger charge is 2.14. The van der Waals surface area contributed by atoms with E-state index in [1.54, 1.807) is 55.5 Å². The maximum absolute atomic E-state index is 12.7. The van der Waals surface area contributed by atoms with Crippen LogP contribution >= 0.6 is 0 Å². The average molecular weight is 430 g/mol. The smallest absolute Gasteiger partial charge is 0.331 e. The van der Waals surface area contributed by atoms with Crippen LogP contribution in [0.5, 0.6) is 0 Å². The monoisotopic (exact) mass is 430 g/mol. The van der Waals surface area contributed by atoms with Crippen molar-refractivity contribution in [2.45, 2.75) is 26.6 Å². The third kappa shape index (κ3) is 4.77. The third-order valence-corrected chi connectivity index (χ3v) is 5.08. The van der Waals surface area contributed by atoms with Crippen molar-refractivity contribution in [1.82, 2.24) is 14.5 Å². The molecule has 0 bridgehead atoms. The minimum atomic E-state index is -3.40. The van der Waals surface area contributed by atoms with Crippen LogP contribution in [0.15, 0.2) is 58.1 Å². The molecule has 0 saturated carbocycles. The zero-order valence-corrected chi connectivity index (χ0v) is 17.4. The van der Waals surface area contributed by atoms with Crippen molar-refractivity contribution in [3.8, 4) is 0 Å². The summed E-state index contributed by atoms with van der Waals surface area (Å²) in [5.74, 6) is -0.412. The molecule has 158 valence electrons. The van der Waals surface area contributed by atoms with Gasteiger partial charge in [0.2, 0.25) is 15.9 Å². The van der Waals surface area contributed by atoms with Gasteiger partial charge in [0.1, 0.15) is 6.54 Å². The molecule has 2 N–H and O–H groups in total. The van der Waals surface area contributed by atoms with Crippen LogP contribution in [-0.4, -0.2) is 29.7 Å². The second kappa shape index (κ2) is 8.54. The first-order chi connectivity index (χ1) is 14.2. The zero-order chi connectivity index (χ0) is 21.9. The van der Waals surface area contributed by atoms with E-state index in [0.29, 0.717) is 22.2 Å². The summed E-state index contributed by atoms with van der Waals surface area (Å²) in [4.78, 5) is 37.7. The molecule has 2 aromatic carbocycles. The van der Waals surface area contributed by atoms with Gasteiger partial charge in [-0.1, -0.05) is 24.3 Å². The van der Waals surface area contributed by atoms with Crippen LogP contribution in [0, 0.1) is 0 Å². The summed E-state index contributed by atoms with van der Waals surface area (Å²) in [5.41, 5.74) is 0.543. The van der Waals surface area contributed by atoms with Gasteiger partial charge < -0.3 is 5.32 Å². The molecule has 1 aromatic heterocycles. The minimum Gasteiger partial charge on any atom is -0.350 e. The van der Waals surface area contributed by atoms with Crippen molar-refractivity contribution in [1.29, 1.82) is 0 Å². The molecule has 3 rings (SSSR count). The molecule has 1 amide bonds. The Morgan fingerprint density at radius 3 is 2.47 bits per heavy atom. The lowest BCUT2D eigenvalue weighted by Gasteiger charge is -2.13. The second-order valence-electron chi connectivity index (χ2n) is 6.79. The number of hydrogen-bond donors (Lipinski definition) is 2. The largest absolute Gasteiger partial charge is 0.350 e. The van der Waals surface area contributed by atoms with E-state index >= 15 is 0 Å². The van der Waals surface area contributed by atoms with E-state index in [9.17, 15) is 22.8 Å². The number of sulfonamides is 1. The van der Waals surface area contributed by atoms with E-state index in [0.717, 1.165) is 10.8 Å². The number of nitrogens with zero attached hydrogens (tertiary/aromatic N) is 2. The van der Waals surface area contributed by atoms with Crippen molar-refractivity contribution < 1.29 is 13.2 Å². The SMILES string of the molecule is CCn1c(=O)c2ccccc2n(CC(=O)NCc2cccc(NS(C)(=O)=O)c2)c1=O. The highest BCUT2D eigenvalue weighted by Crippen LogP contribution is 2.12. The van der Waals surface area contributed by atoms with Crippen molar-refractivity contribution in [3.63, 3.8) is 0 Å². The summed E-state index contributed by atoms with van der Waals surface area (Å²) < 4.78 is 27.5. The van der Waals surface area contributed by atoms with Crippen LogP contribution in [0.3, 0.4) is 0 Å². The molecule has 0 radical (unpaired) electrons. The fourth-order valence-electron chi connectivity index (χ4n) is 3.16. The number of amides is 1. The first kappa shape index (κ1) is 21.3. The van der Waals surface area contributed by atoms with Gasteiger partial charge in [0.25, 0.3) is 5.56 Å². The lowest BCUT2D eigenvalue weighted by molar-refractivity contribution is -0.121. The van der Waals surface area contributed by atoms with E-state index in [1.165, 1.54) is 4.57 Å². The van der Waals surface area contributed by atoms with E-state index in [-0.39, 0.29) is 25.2 Å². The molecule has 0 aliphatic rings. The summed E-state index contributed by atoms with van der Waals surface area (Å²) >= 11 is 0. The summed E-state index contributed by atoms with van der Waals surface area (Å²) in [6.07, 6.45) is 1.05. The number of nitrogens with one attached hydrogen (secondary N) is 2. The fraction of sp³-hybridized carbons (Fsp3) is 0.250. The molecule has 30 heavy (non-hydrogen) atoms. The highest BCUT2D eigenvalue weighted by atomic mass is 32.2. The van der Waals surface area contributed by atoms with E-state index in [1.807, 2.05) is 0 Å². The maximum Gasteiger partial charge on any atom is 0.331 e. The van der Waals surface area contributed by atoms with E-state index in [4.69, 9.17) is 0 Å². The molecule has 0 unspecified atom stereocenters. The number of rotatable bonds is 7. The molecule has 0 aliphatic carbocycles. The number of aromatic nitrogens is 2. The molecule has 0 spiro atoms. The minimum absolute atomic E-state index is 0.151. The number of para-hydroxylation sites is 1. The highest BCUT2D eigenvalue weighted by molar-refractivity contribution is 7.92. The maximum atomic E-state index is 12.7. The van der Waals surface area contributed by atoms with Crippen LogP contribution in [0.1, 0.15) is 12.5 Å². The fourth-order valence-corrected chi connectivity index (χ4v) is 3.72. The standard InChI is InChI=1S/C20H22N4O5S/c1-3-23-19(26)16-9-4-5-10-17(16)24(20(23)27)13-18(25)21-12-14-7-6-8-15(11-14)22-30(2,28)29/h4-11,22H,3,12-13H2,1-2H3,(H,21,25). The number of fused-ring (bicyclic) bond motifs is 1. The Bertz CT molecular complexity index is 1330. The van der Waals surface area contributed by atoms with Crippen LogP contribution < -0.4 is 21.3 Å². The van der Waals surface area contributed by atoms with E-state index < -0.39 is 21.6 Å². The molecular weight excluding hydrogens is 408 g/mol. The van der Waals surface area contributed by atoms with Crippen molar-refractivity contribution in [2.24, 2.45) is 0 Å². The Morgan fingerprint density at radius 1 is 1.03 bits per heavy atom. The van der Waals surface area contributed by atoms with Gasteiger partial charge in [0.15, 0.2) is 0 Å². The molecular formula is C20H22N4O5S. The van der Waals surface area contributed by atoms with Crippen LogP contribution in [0.4, 0.5) is 5.69 Å². The van der Waals surface area contributed by atoms with Gasteiger partial charge in [0.05, 0.1) is 17.2 Å². The molecule has 0 saturated heterocycles. The number of carbonyl (C=O) groups is 1. The van der Waals surface area contributed by atoms with E-state index in [2.05, 4.69) is 10.0 Å². The Labute approximate surface area is 173 Å². The average Bonchev–Trinajstić information content (AvgIpc) is 2.69. The first-order valence-electron chi connectivity index (χ1n) is 9.25. The van der Waals surface area contributed by atoms with Crippen molar-refractivity contribution in [3.05, 3.63) is 74.9 Å². The molecule has 0 atom stereocenters. The lowest BCUT2D eigenvalue weighted by Crippen LogP contribution is -2.42. The predicted octanol–water partition coefficient (Wildman–Crippen LogP) is 0.871. The third-order valence-electron chi connectivity index (χ3n) is 4.47. The van der Waals surface area contributed by atoms with Crippen LogP contribution in [0.2, 0.25) is 0 Å². The number of benzene rings is 2. The summed E-state index contributed by atoms with van der Waals surface area (Å²) in [5, 5.41) is 3.09. The Hall–Kier alpha value is -3.40. The molecule has 3 aromatic rings. The van der Waals surface area contributed by atoms with Gasteiger partial charge in [0, 0.05) is 18.8 Å². The number of carbonyl (C=O) groups excluding carboxylic acids is 1.